The average molecular weight is 230 g/mol. The molecule has 0 aliphatic carbocycles. The van der Waals surface area contributed by atoms with Crippen LogP contribution in [0.2, 0.25) is 0 Å². The van der Waals surface area contributed by atoms with E-state index in [0.717, 1.165) is 22.5 Å². The van der Waals surface area contributed by atoms with Crippen LogP contribution in [0.15, 0.2) is 0 Å². The minimum Gasteiger partial charge on any atom is -0.316 e. The minimum atomic E-state index is -3.20. The molecule has 5 heteroatoms. The molecule has 0 bridgehead atoms. The van der Waals surface area contributed by atoms with Crippen molar-refractivity contribution >= 4 is 10.0 Å². The van der Waals surface area contributed by atoms with Crippen LogP contribution >= 0.6 is 0 Å². The van der Waals surface area contributed by atoms with Gasteiger partial charge in [-0.1, -0.05) is 0 Å². The molecule has 1 N–H and O–H groups in total. The predicted octanol–water partition coefficient (Wildman–Crippen LogP) is 0.940. The molecular formula is C10H18N2O2S. The first-order valence-corrected chi connectivity index (χ1v) is 6.68. The van der Waals surface area contributed by atoms with Gasteiger partial charge in [0.15, 0.2) is 0 Å². The predicted molar refractivity (Wildman–Crippen MR) is 61.6 cm³/mol. The Balaban J connectivity index is 3.50. The van der Waals surface area contributed by atoms with Gasteiger partial charge < -0.3 is 5.32 Å². The molecule has 0 aliphatic rings. The zero-order valence-corrected chi connectivity index (χ0v) is 10.7. The Morgan fingerprint density at radius 1 is 1.20 bits per heavy atom. The summed E-state index contributed by atoms with van der Waals surface area (Å²) in [4.78, 5) is 0. The second-order valence-corrected chi connectivity index (χ2v) is 5.66. The van der Waals surface area contributed by atoms with Crippen molar-refractivity contribution in [1.29, 1.82) is 0 Å². The van der Waals surface area contributed by atoms with Crippen molar-refractivity contribution < 1.29 is 8.42 Å². The Hall–Kier alpha value is -0.810. The second-order valence-electron chi connectivity index (χ2n) is 3.83. The Kier molecular flexibility index (Phi) is 3.25. The molecular weight excluding hydrogens is 212 g/mol. The van der Waals surface area contributed by atoms with Crippen molar-refractivity contribution in [2.45, 2.75) is 27.3 Å². The molecule has 0 aromatic carbocycles. The molecule has 1 heterocycles. The summed E-state index contributed by atoms with van der Waals surface area (Å²) in [6.45, 7) is 6.33. The number of nitrogens with one attached hydrogen (secondary N) is 1. The first-order valence-electron chi connectivity index (χ1n) is 4.83. The zero-order valence-electron chi connectivity index (χ0n) is 9.88. The average Bonchev–Trinajstić information content (AvgIpc) is 2.29. The molecule has 4 nitrogen and oxygen atoms in total. The molecule has 86 valence electrons. The molecule has 0 spiro atoms. The summed E-state index contributed by atoms with van der Waals surface area (Å²) in [5.74, 6) is 0. The van der Waals surface area contributed by atoms with E-state index in [0.29, 0.717) is 6.54 Å². The molecule has 0 amide bonds. The summed E-state index contributed by atoms with van der Waals surface area (Å²) in [7, 11) is -1.34. The van der Waals surface area contributed by atoms with E-state index in [1.807, 2.05) is 27.8 Å². The van der Waals surface area contributed by atoms with Gasteiger partial charge in [-0.15, -0.1) is 0 Å². The van der Waals surface area contributed by atoms with Crippen molar-refractivity contribution in [3.8, 4) is 0 Å². The van der Waals surface area contributed by atoms with Gasteiger partial charge in [-0.2, -0.15) is 0 Å². The highest BCUT2D eigenvalue weighted by atomic mass is 32.2. The van der Waals surface area contributed by atoms with Gasteiger partial charge in [0.25, 0.3) is 0 Å². The molecule has 15 heavy (non-hydrogen) atoms. The van der Waals surface area contributed by atoms with E-state index >= 15 is 0 Å². The smallest absolute Gasteiger partial charge is 0.236 e. The first-order chi connectivity index (χ1) is 6.80. The number of hydrogen-bond acceptors (Lipinski definition) is 3. The summed E-state index contributed by atoms with van der Waals surface area (Å²) in [6, 6.07) is 0. The van der Waals surface area contributed by atoms with Crippen molar-refractivity contribution in [1.82, 2.24) is 9.29 Å². The Morgan fingerprint density at radius 3 is 2.07 bits per heavy atom. The maximum atomic E-state index is 11.6. The zero-order chi connectivity index (χ0) is 11.8. The molecule has 0 fully saturated rings. The van der Waals surface area contributed by atoms with Crippen LogP contribution in [0.3, 0.4) is 0 Å². The Labute approximate surface area is 91.4 Å². The van der Waals surface area contributed by atoms with E-state index in [9.17, 15) is 8.42 Å². The number of nitrogens with zero attached hydrogens (tertiary/aromatic N) is 1. The van der Waals surface area contributed by atoms with Crippen molar-refractivity contribution in [2.75, 3.05) is 13.3 Å². The highest BCUT2D eigenvalue weighted by molar-refractivity contribution is 7.89. The summed E-state index contributed by atoms with van der Waals surface area (Å²) in [6.07, 6.45) is 1.23. The van der Waals surface area contributed by atoms with Gasteiger partial charge in [-0.25, -0.2) is 12.4 Å². The number of hydrogen-bond donors (Lipinski definition) is 1. The van der Waals surface area contributed by atoms with Crippen molar-refractivity contribution in [3.63, 3.8) is 0 Å². The molecule has 1 aromatic heterocycles. The summed E-state index contributed by atoms with van der Waals surface area (Å²) >= 11 is 0. The fraction of sp³-hybridized carbons (Fsp3) is 0.600. The van der Waals surface area contributed by atoms with Crippen LogP contribution in [-0.4, -0.2) is 25.7 Å². The lowest BCUT2D eigenvalue weighted by atomic mass is 10.1. The topological polar surface area (TPSA) is 51.1 Å². The van der Waals surface area contributed by atoms with Gasteiger partial charge in [0.2, 0.25) is 10.0 Å². The molecule has 1 rings (SSSR count). The third-order valence-electron chi connectivity index (χ3n) is 2.73. The highest BCUT2D eigenvalue weighted by Crippen LogP contribution is 2.22. The van der Waals surface area contributed by atoms with E-state index in [1.54, 1.807) is 0 Å². The van der Waals surface area contributed by atoms with Crippen molar-refractivity contribution in [3.05, 3.63) is 22.5 Å². The van der Waals surface area contributed by atoms with Crippen LogP contribution < -0.4 is 5.32 Å². The van der Waals surface area contributed by atoms with E-state index in [2.05, 4.69) is 5.32 Å². The van der Waals surface area contributed by atoms with Crippen LogP contribution in [0.5, 0.6) is 0 Å². The van der Waals surface area contributed by atoms with E-state index in [1.165, 1.54) is 10.2 Å². The van der Waals surface area contributed by atoms with E-state index in [4.69, 9.17) is 0 Å². The molecule has 0 aliphatic heterocycles. The van der Waals surface area contributed by atoms with E-state index in [-0.39, 0.29) is 0 Å². The van der Waals surface area contributed by atoms with Crippen LogP contribution in [-0.2, 0) is 16.6 Å². The van der Waals surface area contributed by atoms with Gasteiger partial charge in [-0.3, -0.25) is 0 Å². The molecule has 0 unspecified atom stereocenters. The van der Waals surface area contributed by atoms with Crippen LogP contribution in [0.1, 0.15) is 22.5 Å². The molecule has 0 radical (unpaired) electrons. The summed E-state index contributed by atoms with van der Waals surface area (Å²) in [5, 5.41) is 3.05. The monoisotopic (exact) mass is 230 g/mol. The van der Waals surface area contributed by atoms with Crippen LogP contribution in [0.4, 0.5) is 0 Å². The molecule has 0 saturated carbocycles. The van der Waals surface area contributed by atoms with Gasteiger partial charge in [0.05, 0.1) is 6.26 Å². The second kappa shape index (κ2) is 3.98. The Morgan fingerprint density at radius 2 is 1.73 bits per heavy atom. The standard InChI is InChI=1S/C10H18N2O2S/c1-7-8(2)12(15(5,13)14)9(3)10(7)6-11-4/h11H,6H2,1-5H3. The highest BCUT2D eigenvalue weighted by Gasteiger charge is 2.19. The molecule has 1 aromatic rings. The third kappa shape index (κ3) is 2.08. The number of aromatic nitrogens is 1. The van der Waals surface area contributed by atoms with Crippen molar-refractivity contribution in [2.24, 2.45) is 0 Å². The molecule has 0 saturated heterocycles. The molecule has 0 atom stereocenters. The third-order valence-corrected chi connectivity index (χ3v) is 3.94. The fourth-order valence-corrected chi connectivity index (χ4v) is 3.19. The normalized spacial score (nSPS) is 12.1. The van der Waals surface area contributed by atoms with Crippen LogP contribution in [0.25, 0.3) is 0 Å². The maximum Gasteiger partial charge on any atom is 0.236 e. The van der Waals surface area contributed by atoms with Crippen LogP contribution in [0, 0.1) is 20.8 Å². The lowest BCUT2D eigenvalue weighted by molar-refractivity contribution is 0.591. The minimum absolute atomic E-state index is 0.695. The lowest BCUT2D eigenvalue weighted by Gasteiger charge is -2.06. The lowest BCUT2D eigenvalue weighted by Crippen LogP contribution is -2.14. The fourth-order valence-electron chi connectivity index (χ4n) is 1.95. The van der Waals surface area contributed by atoms with Gasteiger partial charge in [0, 0.05) is 17.9 Å². The largest absolute Gasteiger partial charge is 0.316 e. The summed E-state index contributed by atoms with van der Waals surface area (Å²) in [5.41, 5.74) is 3.73. The first kappa shape index (κ1) is 12.3. The summed E-state index contributed by atoms with van der Waals surface area (Å²) < 4.78 is 24.6. The quantitative estimate of drug-likeness (QED) is 0.841. The SMILES string of the molecule is CNCc1c(C)c(C)n(S(C)(=O)=O)c1C. The van der Waals surface area contributed by atoms with Gasteiger partial charge >= 0.3 is 0 Å². The number of rotatable bonds is 3. The van der Waals surface area contributed by atoms with E-state index < -0.39 is 10.0 Å². The maximum absolute atomic E-state index is 11.6. The Bertz CT molecular complexity index is 472. The van der Waals surface area contributed by atoms with Gasteiger partial charge in [-0.05, 0) is 38.9 Å². The van der Waals surface area contributed by atoms with Gasteiger partial charge in [0.1, 0.15) is 0 Å².